The van der Waals surface area contributed by atoms with Gasteiger partial charge in [0.05, 0.1) is 0 Å². The van der Waals surface area contributed by atoms with E-state index in [1.807, 2.05) is 6.92 Å². The van der Waals surface area contributed by atoms with Crippen molar-refractivity contribution >= 4 is 5.78 Å². The van der Waals surface area contributed by atoms with Gasteiger partial charge in [0.15, 0.2) is 5.78 Å². The predicted octanol–water partition coefficient (Wildman–Crippen LogP) is 0.903. The van der Waals surface area contributed by atoms with Crippen LogP contribution in [0, 0.1) is 0 Å². The van der Waals surface area contributed by atoms with E-state index in [1.165, 1.54) is 6.92 Å². The van der Waals surface area contributed by atoms with E-state index >= 15 is 0 Å². The van der Waals surface area contributed by atoms with Crippen LogP contribution in [0.25, 0.3) is 0 Å². The molecule has 0 aromatic heterocycles. The molecule has 0 aliphatic rings. The number of carbonyl (C=O) groups excluding carboxylic acids is 1. The smallest absolute Gasteiger partial charge is 0.186 e. The number of hydrogen-bond donors (Lipinski definition) is 1. The Labute approximate surface area is 55.2 Å². The van der Waals surface area contributed by atoms with Crippen molar-refractivity contribution in [1.29, 1.82) is 0 Å². The lowest BCUT2D eigenvalue weighted by atomic mass is 10.1. The summed E-state index contributed by atoms with van der Waals surface area (Å²) in [6, 6.07) is 0. The van der Waals surface area contributed by atoms with E-state index in [0.717, 1.165) is 0 Å². The number of hydrogen-bond acceptors (Lipinski definition) is 2. The third kappa shape index (κ3) is 2.42. The van der Waals surface area contributed by atoms with Crippen LogP contribution in [0.4, 0.5) is 0 Å². The molecule has 2 heteroatoms. The first-order chi connectivity index (χ1) is 4.09. The van der Waals surface area contributed by atoms with Crippen LogP contribution in [0.15, 0.2) is 12.2 Å². The number of Topliss-reactive ketones (excluding diaryl/α,β-unsaturated/α-hetero) is 1. The zero-order chi connectivity index (χ0) is 7.44. The maximum absolute atomic E-state index is 10.7. The van der Waals surface area contributed by atoms with Crippen molar-refractivity contribution in [3.05, 3.63) is 12.2 Å². The molecule has 0 aliphatic heterocycles. The molecule has 0 heterocycles. The molecule has 2 nitrogen and oxygen atoms in total. The van der Waals surface area contributed by atoms with Gasteiger partial charge in [-0.3, -0.25) is 4.79 Å². The van der Waals surface area contributed by atoms with Gasteiger partial charge < -0.3 is 5.11 Å². The molecule has 0 radical (unpaired) electrons. The van der Waals surface area contributed by atoms with Gasteiger partial charge in [0.1, 0.15) is 6.10 Å². The zero-order valence-electron chi connectivity index (χ0n) is 5.85. The summed E-state index contributed by atoms with van der Waals surface area (Å²) in [5.74, 6) is -0.252. The molecule has 1 atom stereocenters. The van der Waals surface area contributed by atoms with Crippen LogP contribution in [0.2, 0.25) is 0 Å². The molecule has 0 spiro atoms. The molecule has 0 amide bonds. The molecule has 52 valence electrons. The fourth-order valence-corrected chi connectivity index (χ4v) is 0.470. The minimum Gasteiger partial charge on any atom is -0.385 e. The number of ketones is 1. The number of rotatable bonds is 3. The highest BCUT2D eigenvalue weighted by atomic mass is 16.3. The second-order valence-corrected chi connectivity index (χ2v) is 2.00. The monoisotopic (exact) mass is 128 g/mol. The van der Waals surface area contributed by atoms with E-state index in [2.05, 4.69) is 6.58 Å². The van der Waals surface area contributed by atoms with Crippen molar-refractivity contribution < 1.29 is 9.90 Å². The van der Waals surface area contributed by atoms with Crippen molar-refractivity contribution in [3.8, 4) is 0 Å². The minimum absolute atomic E-state index is 0.252. The first kappa shape index (κ1) is 8.37. The topological polar surface area (TPSA) is 37.3 Å². The van der Waals surface area contributed by atoms with Crippen molar-refractivity contribution in [1.82, 2.24) is 0 Å². The molecule has 0 rings (SSSR count). The predicted molar refractivity (Wildman–Crippen MR) is 36.1 cm³/mol. The molecule has 0 bridgehead atoms. The summed E-state index contributed by atoms with van der Waals surface area (Å²) in [5, 5.41) is 8.71. The Kier molecular flexibility index (Phi) is 3.17. The van der Waals surface area contributed by atoms with Gasteiger partial charge in [0, 0.05) is 0 Å². The average molecular weight is 128 g/mol. The average Bonchev–Trinajstić information content (AvgIpc) is 1.84. The van der Waals surface area contributed by atoms with Crippen LogP contribution in [-0.2, 0) is 4.79 Å². The van der Waals surface area contributed by atoms with Crippen LogP contribution < -0.4 is 0 Å². The van der Waals surface area contributed by atoms with Crippen LogP contribution in [0.3, 0.4) is 0 Å². The first-order valence-electron chi connectivity index (χ1n) is 2.99. The van der Waals surface area contributed by atoms with Crippen molar-refractivity contribution in [2.24, 2.45) is 0 Å². The number of carbonyl (C=O) groups is 1. The van der Waals surface area contributed by atoms with Crippen LogP contribution >= 0.6 is 0 Å². The lowest BCUT2D eigenvalue weighted by Gasteiger charge is -2.02. The molecule has 0 aliphatic carbocycles. The van der Waals surface area contributed by atoms with Gasteiger partial charge in [-0.25, -0.2) is 0 Å². The SMILES string of the molecule is C=C(CC)C(=O)C(C)O. The fourth-order valence-electron chi connectivity index (χ4n) is 0.470. The van der Waals surface area contributed by atoms with Crippen LogP contribution in [0.1, 0.15) is 20.3 Å². The van der Waals surface area contributed by atoms with Gasteiger partial charge in [-0.2, -0.15) is 0 Å². The van der Waals surface area contributed by atoms with E-state index < -0.39 is 6.10 Å². The van der Waals surface area contributed by atoms with E-state index in [9.17, 15) is 4.79 Å². The molecule has 1 unspecified atom stereocenters. The zero-order valence-corrected chi connectivity index (χ0v) is 5.85. The third-order valence-electron chi connectivity index (χ3n) is 1.15. The van der Waals surface area contributed by atoms with Crippen LogP contribution in [0.5, 0.6) is 0 Å². The van der Waals surface area contributed by atoms with Gasteiger partial charge in [0.25, 0.3) is 0 Å². The lowest BCUT2D eigenvalue weighted by molar-refractivity contribution is -0.122. The third-order valence-corrected chi connectivity index (χ3v) is 1.15. The molecule has 9 heavy (non-hydrogen) atoms. The normalized spacial score (nSPS) is 12.8. The highest BCUT2D eigenvalue weighted by Gasteiger charge is 2.10. The molecule has 1 N–H and O–H groups in total. The van der Waals surface area contributed by atoms with E-state index in [4.69, 9.17) is 5.11 Å². The first-order valence-corrected chi connectivity index (χ1v) is 2.99. The Bertz CT molecular complexity index is 125. The van der Waals surface area contributed by atoms with Gasteiger partial charge in [-0.1, -0.05) is 13.5 Å². The number of aliphatic hydroxyl groups excluding tert-OH is 1. The summed E-state index contributed by atoms with van der Waals surface area (Å²) in [6.45, 7) is 6.77. The Morgan fingerprint density at radius 2 is 2.22 bits per heavy atom. The molecule has 0 saturated carbocycles. The van der Waals surface area contributed by atoms with Gasteiger partial charge in [-0.05, 0) is 18.9 Å². The second kappa shape index (κ2) is 3.41. The highest BCUT2D eigenvalue weighted by molar-refractivity contribution is 5.97. The van der Waals surface area contributed by atoms with E-state index in [1.54, 1.807) is 0 Å². The molecule has 0 fully saturated rings. The molecule has 0 saturated heterocycles. The molecular formula is C7H12O2. The van der Waals surface area contributed by atoms with E-state index in [-0.39, 0.29) is 5.78 Å². The summed E-state index contributed by atoms with van der Waals surface area (Å²) in [7, 11) is 0. The van der Waals surface area contributed by atoms with E-state index in [0.29, 0.717) is 12.0 Å². The Hall–Kier alpha value is -0.630. The minimum atomic E-state index is -0.891. The van der Waals surface area contributed by atoms with Crippen LogP contribution in [-0.4, -0.2) is 17.0 Å². The molecular weight excluding hydrogens is 116 g/mol. The molecule has 0 aromatic rings. The van der Waals surface area contributed by atoms with Crippen molar-refractivity contribution in [3.63, 3.8) is 0 Å². The van der Waals surface area contributed by atoms with Crippen molar-refractivity contribution in [2.75, 3.05) is 0 Å². The second-order valence-electron chi connectivity index (χ2n) is 2.00. The number of aliphatic hydroxyl groups is 1. The van der Waals surface area contributed by atoms with Crippen molar-refractivity contribution in [2.45, 2.75) is 26.4 Å². The van der Waals surface area contributed by atoms with Gasteiger partial charge in [0.2, 0.25) is 0 Å². The van der Waals surface area contributed by atoms with Gasteiger partial charge >= 0.3 is 0 Å². The Morgan fingerprint density at radius 1 is 1.78 bits per heavy atom. The highest BCUT2D eigenvalue weighted by Crippen LogP contribution is 2.00. The maximum Gasteiger partial charge on any atom is 0.186 e. The summed E-state index contributed by atoms with van der Waals surface area (Å²) in [4.78, 5) is 10.7. The van der Waals surface area contributed by atoms with Gasteiger partial charge in [-0.15, -0.1) is 0 Å². The Balaban J connectivity index is 3.89. The standard InChI is InChI=1S/C7H12O2/c1-4-5(2)7(9)6(3)8/h6,8H,2,4H2,1,3H3. The lowest BCUT2D eigenvalue weighted by Crippen LogP contribution is -2.17. The summed E-state index contributed by atoms with van der Waals surface area (Å²) < 4.78 is 0. The summed E-state index contributed by atoms with van der Waals surface area (Å²) >= 11 is 0. The largest absolute Gasteiger partial charge is 0.385 e. The molecule has 0 aromatic carbocycles. The quantitative estimate of drug-likeness (QED) is 0.573. The summed E-state index contributed by atoms with van der Waals surface area (Å²) in [6.07, 6.45) is -0.276. The fraction of sp³-hybridized carbons (Fsp3) is 0.571. The summed E-state index contributed by atoms with van der Waals surface area (Å²) in [5.41, 5.74) is 0.491. The Morgan fingerprint density at radius 3 is 2.33 bits per heavy atom. The maximum atomic E-state index is 10.7.